The van der Waals surface area contributed by atoms with E-state index in [1.807, 2.05) is 19.1 Å². The van der Waals surface area contributed by atoms with Crippen molar-refractivity contribution in [2.45, 2.75) is 32.4 Å². The number of hydrogen-bond donors (Lipinski definition) is 0. The van der Waals surface area contributed by atoms with Crippen LogP contribution in [0.3, 0.4) is 0 Å². The molecule has 0 saturated carbocycles. The van der Waals surface area contributed by atoms with Gasteiger partial charge in [-0.3, -0.25) is 0 Å². The van der Waals surface area contributed by atoms with Gasteiger partial charge in [-0.1, -0.05) is 5.16 Å². The van der Waals surface area contributed by atoms with Crippen LogP contribution in [0.2, 0.25) is 0 Å². The van der Waals surface area contributed by atoms with E-state index in [2.05, 4.69) is 25.1 Å². The van der Waals surface area contributed by atoms with Crippen molar-refractivity contribution < 1.29 is 22.7 Å². The second kappa shape index (κ2) is 10.3. The third-order valence-corrected chi connectivity index (χ3v) is 4.90. The number of aryl methyl sites for hydroxylation is 1. The third kappa shape index (κ3) is 7.20. The largest absolute Gasteiger partial charge is 0.494 e. The van der Waals surface area contributed by atoms with Crippen LogP contribution in [0.15, 0.2) is 41.6 Å². The van der Waals surface area contributed by atoms with Crippen molar-refractivity contribution in [1.29, 1.82) is 0 Å². The van der Waals surface area contributed by atoms with Crippen molar-refractivity contribution in [3.8, 4) is 5.75 Å². The minimum Gasteiger partial charge on any atom is -0.494 e. The monoisotopic (exact) mass is 422 g/mol. The Hall–Kier alpha value is -2.84. The number of hydrogen-bond acceptors (Lipinski definition) is 6. The van der Waals surface area contributed by atoms with Crippen LogP contribution < -0.4 is 9.64 Å². The van der Waals surface area contributed by atoms with Gasteiger partial charge < -0.3 is 14.5 Å². The van der Waals surface area contributed by atoms with Crippen LogP contribution in [-0.4, -0.2) is 48.9 Å². The Kier molecular flexibility index (Phi) is 7.48. The zero-order chi connectivity index (χ0) is 21.4. The summed E-state index contributed by atoms with van der Waals surface area (Å²) in [6.07, 6.45) is 0.00253. The number of nitrogens with zero attached hydrogens (tertiary/aromatic N) is 4. The number of oxime groups is 1. The molecule has 0 atom stereocenters. The molecule has 9 heteroatoms. The van der Waals surface area contributed by atoms with Gasteiger partial charge in [-0.15, -0.1) is 5.10 Å². The zero-order valence-electron chi connectivity index (χ0n) is 16.8. The molecule has 0 N–H and O–H groups in total. The first-order valence-electron chi connectivity index (χ1n) is 9.89. The number of rotatable bonds is 8. The average Bonchev–Trinajstić information content (AvgIpc) is 2.73. The average molecular weight is 422 g/mol. The van der Waals surface area contributed by atoms with Gasteiger partial charge in [0.15, 0.2) is 5.82 Å². The van der Waals surface area contributed by atoms with Crippen LogP contribution in [-0.2, 0) is 4.84 Å². The molecule has 0 bridgehead atoms. The molecule has 3 rings (SSSR count). The second-order valence-electron chi connectivity index (χ2n) is 7.29. The maximum absolute atomic E-state index is 12.0. The smallest absolute Gasteiger partial charge is 0.425 e. The summed E-state index contributed by atoms with van der Waals surface area (Å²) < 4.78 is 41.7. The lowest BCUT2D eigenvalue weighted by Gasteiger charge is -2.32. The van der Waals surface area contributed by atoms with Crippen molar-refractivity contribution in [2.24, 2.45) is 11.1 Å². The fourth-order valence-corrected chi connectivity index (χ4v) is 3.21. The number of aromatic nitrogens is 2. The lowest BCUT2D eigenvalue weighted by Crippen LogP contribution is -2.34. The van der Waals surface area contributed by atoms with Gasteiger partial charge in [0, 0.05) is 13.1 Å². The summed E-state index contributed by atoms with van der Waals surface area (Å²) >= 11 is 0. The molecule has 0 unspecified atom stereocenters. The van der Waals surface area contributed by atoms with Crippen molar-refractivity contribution in [3.63, 3.8) is 0 Å². The standard InChI is InChI=1S/C21H25F3N4O2/c1-16-2-7-20(27-26-16)28-11-8-17(9-12-28)10-13-29-19-5-3-18(4-6-19)14-25-30-15-21(22,23)24/h2-7,14,17H,8-13,15H2,1H3. The van der Waals surface area contributed by atoms with Crippen molar-refractivity contribution in [1.82, 2.24) is 10.2 Å². The molecule has 30 heavy (non-hydrogen) atoms. The minimum atomic E-state index is -4.39. The molecule has 2 heterocycles. The molecule has 162 valence electrons. The third-order valence-electron chi connectivity index (χ3n) is 4.90. The minimum absolute atomic E-state index is 0.608. The number of alkyl halides is 3. The molecule has 0 amide bonds. The van der Waals surface area contributed by atoms with E-state index >= 15 is 0 Å². The van der Waals surface area contributed by atoms with Gasteiger partial charge in [0.1, 0.15) is 5.75 Å². The molecule has 1 aliphatic rings. The molecule has 0 aliphatic carbocycles. The van der Waals surface area contributed by atoms with Gasteiger partial charge in [-0.05, 0) is 74.1 Å². The predicted octanol–water partition coefficient (Wildman–Crippen LogP) is 4.38. The molecule has 2 aromatic rings. The van der Waals surface area contributed by atoms with Gasteiger partial charge >= 0.3 is 6.18 Å². The zero-order valence-corrected chi connectivity index (χ0v) is 16.8. The molecule has 1 aliphatic heterocycles. The van der Waals surface area contributed by atoms with E-state index in [0.717, 1.165) is 49.6 Å². The van der Waals surface area contributed by atoms with E-state index in [-0.39, 0.29) is 0 Å². The fourth-order valence-electron chi connectivity index (χ4n) is 3.21. The number of benzene rings is 1. The van der Waals surface area contributed by atoms with Crippen LogP contribution in [0.4, 0.5) is 19.0 Å². The molecular weight excluding hydrogens is 397 g/mol. The Bertz CT molecular complexity index is 802. The molecule has 1 aromatic carbocycles. The molecular formula is C21H25F3N4O2. The van der Waals surface area contributed by atoms with Gasteiger partial charge in [-0.2, -0.15) is 18.3 Å². The van der Waals surface area contributed by atoms with Crippen molar-refractivity contribution in [3.05, 3.63) is 47.7 Å². The lowest BCUT2D eigenvalue weighted by molar-refractivity contribution is -0.173. The summed E-state index contributed by atoms with van der Waals surface area (Å²) in [4.78, 5) is 6.47. The normalized spacial score (nSPS) is 15.5. The maximum Gasteiger partial charge on any atom is 0.425 e. The van der Waals surface area contributed by atoms with E-state index < -0.39 is 12.8 Å². The molecule has 1 aromatic heterocycles. The van der Waals surface area contributed by atoms with Crippen LogP contribution in [0.5, 0.6) is 5.75 Å². The number of anilines is 1. The highest BCUT2D eigenvalue weighted by Crippen LogP contribution is 2.24. The van der Waals surface area contributed by atoms with Crippen LogP contribution in [0, 0.1) is 12.8 Å². The number of halogens is 3. The van der Waals surface area contributed by atoms with Gasteiger partial charge in [-0.25, -0.2) is 0 Å². The van der Waals surface area contributed by atoms with E-state index in [9.17, 15) is 13.2 Å². The second-order valence-corrected chi connectivity index (χ2v) is 7.29. The number of piperidine rings is 1. The Morgan fingerprint density at radius 3 is 2.47 bits per heavy atom. The SMILES string of the molecule is Cc1ccc(N2CCC(CCOc3ccc(C=NOCC(F)(F)F)cc3)CC2)nn1. The summed E-state index contributed by atoms with van der Waals surface area (Å²) in [6.45, 7) is 3.08. The molecule has 1 saturated heterocycles. The fraction of sp³-hybridized carbons (Fsp3) is 0.476. The van der Waals surface area contributed by atoms with E-state index in [4.69, 9.17) is 4.74 Å². The Morgan fingerprint density at radius 1 is 1.10 bits per heavy atom. The summed E-state index contributed by atoms with van der Waals surface area (Å²) in [5.74, 6) is 2.26. The molecule has 1 fully saturated rings. The van der Waals surface area contributed by atoms with Crippen molar-refractivity contribution >= 4 is 12.0 Å². The van der Waals surface area contributed by atoms with Crippen LogP contribution >= 0.6 is 0 Å². The summed E-state index contributed by atoms with van der Waals surface area (Å²) in [6, 6.07) is 11.0. The highest BCUT2D eigenvalue weighted by Gasteiger charge is 2.28. The van der Waals surface area contributed by atoms with Crippen LogP contribution in [0.1, 0.15) is 30.5 Å². The van der Waals surface area contributed by atoms with Gasteiger partial charge in [0.25, 0.3) is 0 Å². The number of ether oxygens (including phenoxy) is 1. The Morgan fingerprint density at radius 2 is 1.83 bits per heavy atom. The summed E-state index contributed by atoms with van der Waals surface area (Å²) in [7, 11) is 0. The highest BCUT2D eigenvalue weighted by atomic mass is 19.4. The topological polar surface area (TPSA) is 59.8 Å². The van der Waals surface area contributed by atoms with Gasteiger partial charge in [0.05, 0.1) is 18.5 Å². The maximum atomic E-state index is 12.0. The predicted molar refractivity (Wildman–Crippen MR) is 108 cm³/mol. The van der Waals surface area contributed by atoms with Crippen molar-refractivity contribution in [2.75, 3.05) is 31.2 Å². The first-order valence-corrected chi connectivity index (χ1v) is 9.89. The van der Waals surface area contributed by atoms with E-state index in [0.29, 0.717) is 18.1 Å². The first-order chi connectivity index (χ1) is 14.4. The Labute approximate surface area is 173 Å². The molecule has 0 spiro atoms. The Balaban J connectivity index is 1.34. The molecule has 0 radical (unpaired) electrons. The lowest BCUT2D eigenvalue weighted by atomic mass is 9.94. The first kappa shape index (κ1) is 21.9. The van der Waals surface area contributed by atoms with E-state index in [1.165, 1.54) is 6.21 Å². The summed E-state index contributed by atoms with van der Waals surface area (Å²) in [5.41, 5.74) is 1.55. The molecule has 6 nitrogen and oxygen atoms in total. The highest BCUT2D eigenvalue weighted by molar-refractivity contribution is 5.79. The van der Waals surface area contributed by atoms with E-state index in [1.54, 1.807) is 24.3 Å². The van der Waals surface area contributed by atoms with Crippen LogP contribution in [0.25, 0.3) is 0 Å². The summed E-state index contributed by atoms with van der Waals surface area (Å²) in [5, 5.41) is 11.7. The quantitative estimate of drug-likeness (QED) is 0.467. The van der Waals surface area contributed by atoms with Gasteiger partial charge in [0.2, 0.25) is 6.61 Å².